The van der Waals surface area contributed by atoms with Crippen molar-refractivity contribution in [1.82, 2.24) is 4.57 Å². The fourth-order valence-electron chi connectivity index (χ4n) is 2.37. The van der Waals surface area contributed by atoms with Crippen LogP contribution < -0.4 is 9.46 Å². The van der Waals surface area contributed by atoms with Crippen molar-refractivity contribution in [1.29, 1.82) is 0 Å². The van der Waals surface area contributed by atoms with Crippen LogP contribution in [0.25, 0.3) is 5.69 Å². The van der Waals surface area contributed by atoms with Gasteiger partial charge in [0.1, 0.15) is 5.82 Å². The minimum absolute atomic E-state index is 0.175. The lowest BCUT2D eigenvalue weighted by Gasteiger charge is -2.14. The Kier molecular flexibility index (Phi) is 4.94. The molecule has 3 rings (SSSR count). The molecule has 0 radical (unpaired) electrons. The quantitative estimate of drug-likeness (QED) is 0.685. The molecule has 8 heteroatoms. The van der Waals surface area contributed by atoms with Crippen LogP contribution in [0.15, 0.2) is 65.7 Å². The number of methoxy groups -OCH3 is 1. The Morgan fingerprint density at radius 1 is 1.00 bits per heavy atom. The van der Waals surface area contributed by atoms with Gasteiger partial charge in [-0.05, 0) is 36.4 Å². The fraction of sp³-hybridized carbons (Fsp3) is 0.0588. The molecule has 2 aromatic carbocycles. The number of halogens is 2. The molecule has 25 heavy (non-hydrogen) atoms. The van der Waals surface area contributed by atoms with Crippen LogP contribution in [0.4, 0.5) is 5.82 Å². The van der Waals surface area contributed by atoms with Gasteiger partial charge in [0.05, 0.1) is 27.7 Å². The van der Waals surface area contributed by atoms with Crippen LogP contribution in [0.1, 0.15) is 0 Å². The van der Waals surface area contributed by atoms with E-state index in [1.54, 1.807) is 53.2 Å². The summed E-state index contributed by atoms with van der Waals surface area (Å²) >= 11 is 12.3. The van der Waals surface area contributed by atoms with Gasteiger partial charge in [-0.15, -0.1) is 0 Å². The highest BCUT2D eigenvalue weighted by atomic mass is 35.5. The first-order valence-electron chi connectivity index (χ1n) is 7.21. The van der Waals surface area contributed by atoms with Crippen molar-refractivity contribution in [3.8, 4) is 11.4 Å². The number of ether oxygens (including phenoxy) is 1. The zero-order valence-electron chi connectivity index (χ0n) is 13.1. The Labute approximate surface area is 155 Å². The van der Waals surface area contributed by atoms with E-state index in [0.29, 0.717) is 27.3 Å². The molecule has 0 spiro atoms. The largest absolute Gasteiger partial charge is 0.494 e. The lowest BCUT2D eigenvalue weighted by Crippen LogP contribution is -2.15. The van der Waals surface area contributed by atoms with Crippen molar-refractivity contribution in [2.45, 2.75) is 4.90 Å². The van der Waals surface area contributed by atoms with E-state index >= 15 is 0 Å². The van der Waals surface area contributed by atoms with Gasteiger partial charge in [0.25, 0.3) is 10.0 Å². The standard InChI is InChI=1S/C17H14Cl2N2O3S/c1-24-17-14(18)10-12(11-15(17)19)21-9-5-8-16(21)20-25(22,23)13-6-3-2-4-7-13/h2-11,20H,1H3. The number of aromatic nitrogens is 1. The maximum Gasteiger partial charge on any atom is 0.263 e. The summed E-state index contributed by atoms with van der Waals surface area (Å²) in [4.78, 5) is 0.175. The lowest BCUT2D eigenvalue weighted by molar-refractivity contribution is 0.415. The Balaban J connectivity index is 2.00. The van der Waals surface area contributed by atoms with Gasteiger partial charge in [-0.3, -0.25) is 4.72 Å². The summed E-state index contributed by atoms with van der Waals surface area (Å²) in [7, 11) is -2.23. The van der Waals surface area contributed by atoms with Crippen LogP contribution in [-0.4, -0.2) is 20.1 Å². The van der Waals surface area contributed by atoms with E-state index < -0.39 is 10.0 Å². The highest BCUT2D eigenvalue weighted by Crippen LogP contribution is 2.36. The third-order valence-electron chi connectivity index (χ3n) is 3.51. The van der Waals surface area contributed by atoms with E-state index in [0.717, 1.165) is 0 Å². The molecule has 0 amide bonds. The first-order valence-corrected chi connectivity index (χ1v) is 9.45. The number of hydrogen-bond acceptors (Lipinski definition) is 3. The summed E-state index contributed by atoms with van der Waals surface area (Å²) in [6.07, 6.45) is 1.71. The SMILES string of the molecule is COc1c(Cl)cc(-n2cccc2NS(=O)(=O)c2ccccc2)cc1Cl. The average molecular weight is 397 g/mol. The van der Waals surface area contributed by atoms with Gasteiger partial charge in [-0.25, -0.2) is 8.42 Å². The third kappa shape index (κ3) is 3.61. The smallest absolute Gasteiger partial charge is 0.263 e. The molecule has 130 valence electrons. The zero-order chi connectivity index (χ0) is 18.0. The topological polar surface area (TPSA) is 60.3 Å². The van der Waals surface area contributed by atoms with Crippen LogP contribution >= 0.6 is 23.2 Å². The molecule has 1 N–H and O–H groups in total. The zero-order valence-corrected chi connectivity index (χ0v) is 15.4. The second-order valence-electron chi connectivity index (χ2n) is 5.12. The van der Waals surface area contributed by atoms with Crippen molar-refractivity contribution in [2.75, 3.05) is 11.8 Å². The normalized spacial score (nSPS) is 11.3. The fourth-order valence-corrected chi connectivity index (χ4v) is 4.07. The second-order valence-corrected chi connectivity index (χ2v) is 7.62. The van der Waals surface area contributed by atoms with Gasteiger partial charge in [-0.1, -0.05) is 41.4 Å². The summed E-state index contributed by atoms with van der Waals surface area (Å²) in [6.45, 7) is 0. The number of nitrogens with zero attached hydrogens (tertiary/aromatic N) is 1. The summed E-state index contributed by atoms with van der Waals surface area (Å²) in [6, 6.07) is 14.8. The number of anilines is 1. The minimum atomic E-state index is -3.71. The molecule has 0 aliphatic carbocycles. The molecule has 1 aromatic heterocycles. The van der Waals surface area contributed by atoms with Crippen molar-refractivity contribution in [3.05, 3.63) is 70.8 Å². The van der Waals surface area contributed by atoms with Crippen LogP contribution in [0, 0.1) is 0 Å². The van der Waals surface area contributed by atoms with Gasteiger partial charge < -0.3 is 9.30 Å². The van der Waals surface area contributed by atoms with E-state index in [4.69, 9.17) is 27.9 Å². The maximum absolute atomic E-state index is 12.5. The Bertz CT molecular complexity index is 979. The molecule has 1 heterocycles. The molecule has 0 saturated carbocycles. The predicted molar refractivity (Wildman–Crippen MR) is 99.6 cm³/mol. The van der Waals surface area contributed by atoms with Crippen LogP contribution in [0.5, 0.6) is 5.75 Å². The summed E-state index contributed by atoms with van der Waals surface area (Å²) in [5.74, 6) is 0.729. The predicted octanol–water partition coefficient (Wildman–Crippen LogP) is 4.59. The average Bonchev–Trinajstić information content (AvgIpc) is 3.03. The molecule has 0 atom stereocenters. The minimum Gasteiger partial charge on any atom is -0.494 e. The van der Waals surface area contributed by atoms with Gasteiger partial charge in [-0.2, -0.15) is 0 Å². The molecule has 0 aliphatic heterocycles. The van der Waals surface area contributed by atoms with Crippen LogP contribution in [0.3, 0.4) is 0 Å². The molecule has 3 aromatic rings. The second kappa shape index (κ2) is 7.00. The molecular weight excluding hydrogens is 383 g/mol. The maximum atomic E-state index is 12.5. The Hall–Kier alpha value is -2.15. The van der Waals surface area contributed by atoms with Gasteiger partial charge >= 0.3 is 0 Å². The monoisotopic (exact) mass is 396 g/mol. The first-order chi connectivity index (χ1) is 11.9. The highest BCUT2D eigenvalue weighted by molar-refractivity contribution is 7.92. The van der Waals surface area contributed by atoms with Crippen molar-refractivity contribution in [3.63, 3.8) is 0 Å². The van der Waals surface area contributed by atoms with Crippen LogP contribution in [0.2, 0.25) is 10.0 Å². The number of rotatable bonds is 5. The highest BCUT2D eigenvalue weighted by Gasteiger charge is 2.17. The summed E-state index contributed by atoms with van der Waals surface area (Å²) in [5.41, 5.74) is 0.603. The molecule has 5 nitrogen and oxygen atoms in total. The first kappa shape index (κ1) is 17.7. The lowest BCUT2D eigenvalue weighted by atomic mass is 10.3. The number of nitrogens with one attached hydrogen (secondary N) is 1. The Morgan fingerprint density at radius 3 is 2.24 bits per heavy atom. The van der Waals surface area contributed by atoms with Crippen molar-refractivity contribution < 1.29 is 13.2 Å². The molecular formula is C17H14Cl2N2O3S. The van der Waals surface area contributed by atoms with Gasteiger partial charge in [0.15, 0.2) is 5.75 Å². The number of benzene rings is 2. The van der Waals surface area contributed by atoms with E-state index in [9.17, 15) is 8.42 Å². The molecule has 0 aliphatic rings. The van der Waals surface area contributed by atoms with E-state index in [1.165, 1.54) is 19.2 Å². The van der Waals surface area contributed by atoms with Crippen molar-refractivity contribution >= 4 is 39.0 Å². The van der Waals surface area contributed by atoms with Crippen LogP contribution in [-0.2, 0) is 10.0 Å². The summed E-state index contributed by atoms with van der Waals surface area (Å²) in [5, 5.41) is 0.658. The van der Waals surface area contributed by atoms with Gasteiger partial charge in [0, 0.05) is 6.20 Å². The number of sulfonamides is 1. The van der Waals surface area contributed by atoms with E-state index in [-0.39, 0.29) is 4.90 Å². The van der Waals surface area contributed by atoms with Crippen molar-refractivity contribution in [2.24, 2.45) is 0 Å². The Morgan fingerprint density at radius 2 is 1.64 bits per heavy atom. The van der Waals surface area contributed by atoms with Gasteiger partial charge in [0.2, 0.25) is 0 Å². The molecule has 0 unspecified atom stereocenters. The molecule has 0 fully saturated rings. The summed E-state index contributed by atoms with van der Waals surface area (Å²) < 4.78 is 34.4. The third-order valence-corrected chi connectivity index (χ3v) is 5.44. The van der Waals surface area contributed by atoms with E-state index in [1.807, 2.05) is 0 Å². The molecule has 0 bridgehead atoms. The number of hydrogen-bond donors (Lipinski definition) is 1. The molecule has 0 saturated heterocycles. The van der Waals surface area contributed by atoms with E-state index in [2.05, 4.69) is 4.72 Å².